The molecule has 1 atom stereocenters. The van der Waals surface area contributed by atoms with Crippen LogP contribution < -0.4 is 0 Å². The maximum absolute atomic E-state index is 12.5. The molecule has 39 heavy (non-hydrogen) atoms. The Balaban J connectivity index is 4.18. The lowest BCUT2D eigenvalue weighted by atomic mass is 10.0. The van der Waals surface area contributed by atoms with E-state index >= 15 is 0 Å². The van der Waals surface area contributed by atoms with Crippen LogP contribution in [0.25, 0.3) is 0 Å². The van der Waals surface area contributed by atoms with Crippen molar-refractivity contribution in [3.63, 3.8) is 0 Å². The molecule has 0 aromatic carbocycles. The predicted octanol–water partition coefficient (Wildman–Crippen LogP) is 11.3. The van der Waals surface area contributed by atoms with Gasteiger partial charge >= 0.3 is 11.9 Å². The van der Waals surface area contributed by atoms with E-state index in [9.17, 15) is 9.59 Å². The van der Waals surface area contributed by atoms with Crippen LogP contribution in [0.2, 0.25) is 0 Å². The van der Waals surface area contributed by atoms with Crippen molar-refractivity contribution in [1.29, 1.82) is 0 Å². The van der Waals surface area contributed by atoms with Crippen molar-refractivity contribution in [2.75, 3.05) is 0 Å². The number of carbonyl (C=O) groups is 2. The van der Waals surface area contributed by atoms with Gasteiger partial charge in [0.25, 0.3) is 0 Å². The quantitative estimate of drug-likeness (QED) is 0.0550. The predicted molar refractivity (Wildman–Crippen MR) is 167 cm³/mol. The van der Waals surface area contributed by atoms with Crippen LogP contribution in [0.5, 0.6) is 0 Å². The third-order valence-electron chi connectivity index (χ3n) is 7.41. The van der Waals surface area contributed by atoms with Gasteiger partial charge in [-0.05, 0) is 51.0 Å². The second-order valence-corrected chi connectivity index (χ2v) is 11.4. The standard InChI is InChI=1S/C35H64O4/c1-3-5-7-9-11-13-14-16-18-24-28-32-35(38)39-33(29-25-21-17-15-12-10-8-6-4-2)30-26-22-19-20-23-27-31-34(36)37/h15,17,25,29,33H,3-14,16,18-24,26-28,30-32H2,1-2H3,(H,36,37)/b17-15-,29-25-. The van der Waals surface area contributed by atoms with Crippen molar-refractivity contribution in [3.8, 4) is 0 Å². The van der Waals surface area contributed by atoms with Gasteiger partial charge in [-0.25, -0.2) is 0 Å². The summed E-state index contributed by atoms with van der Waals surface area (Å²) in [5.41, 5.74) is 0. The van der Waals surface area contributed by atoms with E-state index in [1.54, 1.807) is 0 Å². The van der Waals surface area contributed by atoms with Gasteiger partial charge < -0.3 is 9.84 Å². The van der Waals surface area contributed by atoms with Gasteiger partial charge in [0.15, 0.2) is 0 Å². The Hall–Kier alpha value is -1.58. The fraction of sp³-hybridized carbons (Fsp3) is 0.829. The van der Waals surface area contributed by atoms with E-state index in [-0.39, 0.29) is 18.5 Å². The molecule has 0 aliphatic carbocycles. The van der Waals surface area contributed by atoms with Gasteiger partial charge in [-0.1, -0.05) is 141 Å². The monoisotopic (exact) mass is 548 g/mol. The van der Waals surface area contributed by atoms with E-state index in [2.05, 4.69) is 38.2 Å². The van der Waals surface area contributed by atoms with Gasteiger partial charge in [0, 0.05) is 12.8 Å². The van der Waals surface area contributed by atoms with Crippen LogP contribution in [0.15, 0.2) is 24.3 Å². The molecule has 0 heterocycles. The van der Waals surface area contributed by atoms with Crippen molar-refractivity contribution >= 4 is 11.9 Å². The van der Waals surface area contributed by atoms with Crippen molar-refractivity contribution in [2.24, 2.45) is 0 Å². The highest BCUT2D eigenvalue weighted by atomic mass is 16.5. The Bertz CT molecular complexity index is 595. The van der Waals surface area contributed by atoms with Crippen molar-refractivity contribution < 1.29 is 19.4 Å². The lowest BCUT2D eigenvalue weighted by molar-refractivity contribution is -0.147. The van der Waals surface area contributed by atoms with Gasteiger partial charge in [-0.2, -0.15) is 0 Å². The zero-order chi connectivity index (χ0) is 28.7. The summed E-state index contributed by atoms with van der Waals surface area (Å²) >= 11 is 0. The Morgan fingerprint density at radius 1 is 0.590 bits per heavy atom. The Kier molecular flexibility index (Phi) is 29.7. The van der Waals surface area contributed by atoms with Crippen LogP contribution in [-0.4, -0.2) is 23.1 Å². The van der Waals surface area contributed by atoms with Crippen molar-refractivity contribution in [2.45, 2.75) is 187 Å². The first-order valence-electron chi connectivity index (χ1n) is 16.8. The fourth-order valence-electron chi connectivity index (χ4n) is 4.90. The highest BCUT2D eigenvalue weighted by Gasteiger charge is 2.11. The SMILES string of the molecule is CCCCCC/C=C\C/C=C\C(CCCCCCCCC(=O)O)OC(=O)CCCCCCCCCCCCC. The van der Waals surface area contributed by atoms with Gasteiger partial charge in [-0.15, -0.1) is 0 Å². The summed E-state index contributed by atoms with van der Waals surface area (Å²) in [7, 11) is 0. The molecule has 228 valence electrons. The zero-order valence-electron chi connectivity index (χ0n) is 25.9. The summed E-state index contributed by atoms with van der Waals surface area (Å²) in [4.78, 5) is 23.1. The fourth-order valence-corrected chi connectivity index (χ4v) is 4.90. The Labute approximate surface area is 242 Å². The van der Waals surface area contributed by atoms with Crippen LogP contribution in [0, 0.1) is 0 Å². The normalized spacial score (nSPS) is 12.5. The first-order chi connectivity index (χ1) is 19.1. The molecule has 0 aliphatic rings. The maximum atomic E-state index is 12.5. The maximum Gasteiger partial charge on any atom is 0.306 e. The number of allylic oxidation sites excluding steroid dienone is 3. The van der Waals surface area contributed by atoms with Crippen LogP contribution in [0.4, 0.5) is 0 Å². The molecule has 1 unspecified atom stereocenters. The summed E-state index contributed by atoms with van der Waals surface area (Å²) in [6.45, 7) is 4.50. The van der Waals surface area contributed by atoms with E-state index in [1.807, 2.05) is 0 Å². The highest BCUT2D eigenvalue weighted by Crippen LogP contribution is 2.15. The minimum absolute atomic E-state index is 0.0549. The molecule has 0 rings (SSSR count). The minimum atomic E-state index is -0.703. The van der Waals surface area contributed by atoms with Crippen LogP contribution in [0.1, 0.15) is 181 Å². The van der Waals surface area contributed by atoms with Gasteiger partial charge in [0.05, 0.1) is 0 Å². The van der Waals surface area contributed by atoms with Crippen LogP contribution >= 0.6 is 0 Å². The number of ether oxygens (including phenoxy) is 1. The third kappa shape index (κ3) is 30.8. The smallest absolute Gasteiger partial charge is 0.306 e. The molecule has 0 aromatic heterocycles. The number of hydrogen-bond acceptors (Lipinski definition) is 3. The average Bonchev–Trinajstić information content (AvgIpc) is 2.91. The van der Waals surface area contributed by atoms with E-state index in [0.717, 1.165) is 70.6 Å². The molecule has 0 aromatic rings. The molecule has 0 bridgehead atoms. The minimum Gasteiger partial charge on any atom is -0.481 e. The molecule has 0 amide bonds. The van der Waals surface area contributed by atoms with Gasteiger partial charge in [-0.3, -0.25) is 9.59 Å². The molecule has 4 nitrogen and oxygen atoms in total. The summed E-state index contributed by atoms with van der Waals surface area (Å²) in [5.74, 6) is -0.758. The van der Waals surface area contributed by atoms with Crippen molar-refractivity contribution in [3.05, 3.63) is 24.3 Å². The number of aliphatic carboxylic acids is 1. The lowest BCUT2D eigenvalue weighted by Gasteiger charge is -2.14. The number of unbranched alkanes of at least 4 members (excludes halogenated alkanes) is 19. The second kappa shape index (κ2) is 31.0. The molecule has 0 radical (unpaired) electrons. The van der Waals surface area contributed by atoms with E-state index in [1.165, 1.54) is 83.5 Å². The summed E-state index contributed by atoms with van der Waals surface area (Å²) in [5, 5.41) is 8.74. The highest BCUT2D eigenvalue weighted by molar-refractivity contribution is 5.69. The molecule has 0 saturated heterocycles. The van der Waals surface area contributed by atoms with E-state index in [0.29, 0.717) is 6.42 Å². The number of esters is 1. The van der Waals surface area contributed by atoms with E-state index < -0.39 is 5.97 Å². The Morgan fingerprint density at radius 3 is 1.64 bits per heavy atom. The summed E-state index contributed by atoms with van der Waals surface area (Å²) in [6, 6.07) is 0. The first kappa shape index (κ1) is 37.4. The molecule has 0 fully saturated rings. The van der Waals surface area contributed by atoms with E-state index in [4.69, 9.17) is 9.84 Å². The molecule has 4 heteroatoms. The third-order valence-corrected chi connectivity index (χ3v) is 7.41. The lowest BCUT2D eigenvalue weighted by Crippen LogP contribution is -2.16. The summed E-state index contributed by atoms with van der Waals surface area (Å²) in [6.07, 6.45) is 37.7. The number of rotatable bonds is 30. The van der Waals surface area contributed by atoms with Crippen LogP contribution in [0.3, 0.4) is 0 Å². The number of carboxylic acids is 1. The molecule has 0 spiro atoms. The number of carboxylic acid groups (broad SMARTS) is 1. The molecule has 0 aliphatic heterocycles. The topological polar surface area (TPSA) is 63.6 Å². The first-order valence-corrected chi connectivity index (χ1v) is 16.8. The number of hydrogen-bond donors (Lipinski definition) is 1. The van der Waals surface area contributed by atoms with Crippen LogP contribution in [-0.2, 0) is 14.3 Å². The van der Waals surface area contributed by atoms with Gasteiger partial charge in [0.1, 0.15) is 6.10 Å². The Morgan fingerprint density at radius 2 is 1.08 bits per heavy atom. The summed E-state index contributed by atoms with van der Waals surface area (Å²) < 4.78 is 5.87. The zero-order valence-corrected chi connectivity index (χ0v) is 25.9. The molecule has 1 N–H and O–H groups in total. The average molecular weight is 549 g/mol. The molecular formula is C35H64O4. The molecular weight excluding hydrogens is 484 g/mol. The number of carbonyl (C=O) groups excluding carboxylic acids is 1. The van der Waals surface area contributed by atoms with Gasteiger partial charge in [0.2, 0.25) is 0 Å². The largest absolute Gasteiger partial charge is 0.481 e. The molecule has 0 saturated carbocycles. The second-order valence-electron chi connectivity index (χ2n) is 11.4. The van der Waals surface area contributed by atoms with Crippen molar-refractivity contribution in [1.82, 2.24) is 0 Å².